The monoisotopic (exact) mass is 420 g/mol. The highest BCUT2D eigenvalue weighted by Crippen LogP contribution is 2.35. The van der Waals surface area contributed by atoms with Crippen molar-refractivity contribution >= 4 is 47.6 Å². The molecular weight excluding hydrogens is 412 g/mol. The Morgan fingerprint density at radius 1 is 1.00 bits per heavy atom. The zero-order chi connectivity index (χ0) is 14.9. The van der Waals surface area contributed by atoms with Crippen LogP contribution in [0.5, 0.6) is 11.5 Å². The fourth-order valence-corrected chi connectivity index (χ4v) is 3.33. The maximum Gasteiger partial charge on any atom is 0.241 e. The molecule has 0 heterocycles. The molecule has 0 atom stereocenters. The molecule has 0 aromatic heterocycles. The van der Waals surface area contributed by atoms with Gasteiger partial charge in [0.05, 0.1) is 4.47 Å². The van der Waals surface area contributed by atoms with E-state index in [1.807, 2.05) is 0 Å². The molecular formula is C12H10Br2N2O3S. The van der Waals surface area contributed by atoms with Crippen LogP contribution in [0.1, 0.15) is 0 Å². The summed E-state index contributed by atoms with van der Waals surface area (Å²) in [5.74, 6) is 0.576. The van der Waals surface area contributed by atoms with Crippen molar-refractivity contribution in [2.75, 3.05) is 5.73 Å². The molecule has 4 N–H and O–H groups in total. The number of nitrogen functional groups attached to an aromatic ring is 1. The Morgan fingerprint density at radius 2 is 1.65 bits per heavy atom. The van der Waals surface area contributed by atoms with Crippen molar-refractivity contribution in [3.8, 4) is 11.5 Å². The van der Waals surface area contributed by atoms with Crippen molar-refractivity contribution in [1.29, 1.82) is 0 Å². The molecule has 2 rings (SSSR count). The number of primary sulfonamides is 1. The number of ether oxygens (including phenoxy) is 1. The van der Waals surface area contributed by atoms with Gasteiger partial charge in [0, 0.05) is 10.2 Å². The van der Waals surface area contributed by atoms with E-state index in [0.717, 1.165) is 4.47 Å². The second-order valence-corrected chi connectivity index (χ2v) is 7.23. The van der Waals surface area contributed by atoms with Crippen molar-refractivity contribution < 1.29 is 13.2 Å². The van der Waals surface area contributed by atoms with Crippen LogP contribution in [-0.4, -0.2) is 8.42 Å². The smallest absolute Gasteiger partial charge is 0.241 e. The van der Waals surface area contributed by atoms with Crippen LogP contribution in [0, 0.1) is 0 Å². The van der Waals surface area contributed by atoms with Gasteiger partial charge < -0.3 is 10.5 Å². The lowest BCUT2D eigenvalue weighted by atomic mass is 10.3. The third-order valence-electron chi connectivity index (χ3n) is 2.39. The first kappa shape index (κ1) is 15.3. The molecule has 106 valence electrons. The molecule has 0 aliphatic rings. The minimum Gasteiger partial charge on any atom is -0.455 e. The normalized spacial score (nSPS) is 11.3. The van der Waals surface area contributed by atoms with Crippen LogP contribution < -0.4 is 15.6 Å². The van der Waals surface area contributed by atoms with E-state index in [1.54, 1.807) is 18.2 Å². The zero-order valence-electron chi connectivity index (χ0n) is 10.0. The number of sulfonamides is 1. The van der Waals surface area contributed by atoms with Crippen LogP contribution >= 0.6 is 31.9 Å². The van der Waals surface area contributed by atoms with Gasteiger partial charge in [-0.25, -0.2) is 13.6 Å². The van der Waals surface area contributed by atoms with Gasteiger partial charge >= 0.3 is 0 Å². The van der Waals surface area contributed by atoms with Gasteiger partial charge in [-0.05, 0) is 52.3 Å². The summed E-state index contributed by atoms with van der Waals surface area (Å²) in [5.41, 5.74) is 5.86. The average Bonchev–Trinajstić information content (AvgIpc) is 2.33. The Bertz CT molecular complexity index is 763. The Kier molecular flexibility index (Phi) is 4.38. The van der Waals surface area contributed by atoms with Crippen LogP contribution in [0.2, 0.25) is 0 Å². The highest BCUT2D eigenvalue weighted by molar-refractivity contribution is 9.11. The highest BCUT2D eigenvalue weighted by Gasteiger charge is 2.17. The van der Waals surface area contributed by atoms with Crippen LogP contribution in [0.25, 0.3) is 0 Å². The molecule has 8 heteroatoms. The molecule has 2 aromatic rings. The predicted octanol–water partition coefficient (Wildman–Crippen LogP) is 3.23. The lowest BCUT2D eigenvalue weighted by Crippen LogP contribution is -2.13. The summed E-state index contributed by atoms with van der Waals surface area (Å²) in [6, 6.07) is 9.51. The first-order chi connectivity index (χ1) is 9.27. The first-order valence-corrected chi connectivity index (χ1v) is 8.46. The van der Waals surface area contributed by atoms with Gasteiger partial charge in [-0.3, -0.25) is 0 Å². The molecule has 2 aromatic carbocycles. The second-order valence-electron chi connectivity index (χ2n) is 3.93. The third kappa shape index (κ3) is 3.51. The molecule has 0 amide bonds. The number of hydrogen-bond donors (Lipinski definition) is 2. The van der Waals surface area contributed by atoms with E-state index in [9.17, 15) is 8.42 Å². The van der Waals surface area contributed by atoms with Crippen LogP contribution in [0.3, 0.4) is 0 Å². The quantitative estimate of drug-likeness (QED) is 0.743. The van der Waals surface area contributed by atoms with Crippen molar-refractivity contribution in [2.24, 2.45) is 5.14 Å². The summed E-state index contributed by atoms with van der Waals surface area (Å²) in [6.07, 6.45) is 0. The SMILES string of the molecule is Nc1ccc(Oc2ccc(Br)cc2Br)c(S(N)(=O)=O)c1. The molecule has 0 saturated heterocycles. The van der Waals surface area contributed by atoms with Crippen molar-refractivity contribution in [3.05, 3.63) is 45.3 Å². The minimum absolute atomic E-state index is 0.115. The number of anilines is 1. The number of benzene rings is 2. The Hall–Kier alpha value is -1.09. The topological polar surface area (TPSA) is 95.4 Å². The standard InChI is InChI=1S/C12H10Br2N2O3S/c13-7-1-3-10(9(14)5-7)19-11-4-2-8(15)6-12(11)20(16,17)18/h1-6H,15H2,(H2,16,17,18). The lowest BCUT2D eigenvalue weighted by Gasteiger charge is -2.12. The van der Waals surface area contributed by atoms with Crippen LogP contribution in [0.15, 0.2) is 50.2 Å². The number of halogens is 2. The second kappa shape index (κ2) is 5.72. The van der Waals surface area contributed by atoms with E-state index in [1.165, 1.54) is 18.2 Å². The highest BCUT2D eigenvalue weighted by atomic mass is 79.9. The Morgan fingerprint density at radius 3 is 2.25 bits per heavy atom. The number of hydrogen-bond acceptors (Lipinski definition) is 4. The average molecular weight is 422 g/mol. The van der Waals surface area contributed by atoms with Crippen molar-refractivity contribution in [2.45, 2.75) is 4.90 Å². The maximum atomic E-state index is 11.6. The summed E-state index contributed by atoms with van der Waals surface area (Å²) in [5, 5.41) is 5.16. The van der Waals surface area contributed by atoms with Gasteiger partial charge in [0.25, 0.3) is 0 Å². The molecule has 5 nitrogen and oxygen atoms in total. The minimum atomic E-state index is -3.93. The van der Waals surface area contributed by atoms with E-state index < -0.39 is 10.0 Å². The maximum absolute atomic E-state index is 11.6. The predicted molar refractivity (Wildman–Crippen MR) is 84.1 cm³/mol. The van der Waals surface area contributed by atoms with E-state index in [-0.39, 0.29) is 16.3 Å². The van der Waals surface area contributed by atoms with E-state index in [4.69, 9.17) is 15.6 Å². The molecule has 0 unspecified atom stereocenters. The summed E-state index contributed by atoms with van der Waals surface area (Å²) in [7, 11) is -3.93. The van der Waals surface area contributed by atoms with E-state index in [2.05, 4.69) is 31.9 Å². The molecule has 0 aliphatic carbocycles. The van der Waals surface area contributed by atoms with E-state index in [0.29, 0.717) is 10.2 Å². The fourth-order valence-electron chi connectivity index (χ4n) is 1.51. The Labute approximate surface area is 133 Å². The number of rotatable bonds is 3. The van der Waals surface area contributed by atoms with Crippen LogP contribution in [0.4, 0.5) is 5.69 Å². The van der Waals surface area contributed by atoms with Gasteiger partial charge in [0.2, 0.25) is 10.0 Å². The summed E-state index contributed by atoms with van der Waals surface area (Å²) in [4.78, 5) is -0.160. The summed E-state index contributed by atoms with van der Waals surface area (Å²) < 4.78 is 30.2. The van der Waals surface area contributed by atoms with Gasteiger partial charge in [-0.2, -0.15) is 0 Å². The molecule has 20 heavy (non-hydrogen) atoms. The van der Waals surface area contributed by atoms with Crippen molar-refractivity contribution in [3.63, 3.8) is 0 Å². The fraction of sp³-hybridized carbons (Fsp3) is 0. The van der Waals surface area contributed by atoms with E-state index >= 15 is 0 Å². The lowest BCUT2D eigenvalue weighted by molar-refractivity contribution is 0.465. The third-order valence-corrected chi connectivity index (χ3v) is 4.43. The van der Waals surface area contributed by atoms with Gasteiger partial charge in [-0.15, -0.1) is 0 Å². The molecule has 0 saturated carbocycles. The van der Waals surface area contributed by atoms with Gasteiger partial charge in [0.15, 0.2) is 0 Å². The van der Waals surface area contributed by atoms with Gasteiger partial charge in [0.1, 0.15) is 16.4 Å². The van der Waals surface area contributed by atoms with Gasteiger partial charge in [-0.1, -0.05) is 15.9 Å². The molecule has 0 aliphatic heterocycles. The summed E-state index contributed by atoms with van der Waals surface area (Å²) in [6.45, 7) is 0. The summed E-state index contributed by atoms with van der Waals surface area (Å²) >= 11 is 6.65. The molecule has 0 radical (unpaired) electrons. The molecule has 0 bridgehead atoms. The molecule has 0 fully saturated rings. The zero-order valence-corrected chi connectivity index (χ0v) is 14.0. The van der Waals surface area contributed by atoms with Crippen LogP contribution in [-0.2, 0) is 10.0 Å². The largest absolute Gasteiger partial charge is 0.455 e. The van der Waals surface area contributed by atoms with Crippen molar-refractivity contribution in [1.82, 2.24) is 0 Å². The Balaban J connectivity index is 2.49. The molecule has 0 spiro atoms. The first-order valence-electron chi connectivity index (χ1n) is 5.32. The number of nitrogens with two attached hydrogens (primary N) is 2.